The molecule has 6 rings (SSSR count). The highest BCUT2D eigenvalue weighted by Gasteiger charge is 2.30. The SMILES string of the molecule is O=C1C[C@@H](c2ccccc2)Cc2nc(N3CC[NH+](Cc4ccc5c(c4)OCO5)CC3)ncc21. The molecule has 0 bridgehead atoms. The molecule has 3 aromatic rings. The van der Waals surface area contributed by atoms with Gasteiger partial charge in [-0.25, -0.2) is 9.97 Å². The maximum Gasteiger partial charge on any atom is 0.231 e. The van der Waals surface area contributed by atoms with E-state index >= 15 is 0 Å². The van der Waals surface area contributed by atoms with Gasteiger partial charge in [0.2, 0.25) is 12.7 Å². The van der Waals surface area contributed by atoms with Crippen molar-refractivity contribution in [3.8, 4) is 11.5 Å². The van der Waals surface area contributed by atoms with Gasteiger partial charge in [-0.05, 0) is 36.1 Å². The normalized spacial score (nSPS) is 20.1. The zero-order valence-electron chi connectivity index (χ0n) is 18.5. The van der Waals surface area contributed by atoms with Crippen LogP contribution in [-0.2, 0) is 13.0 Å². The molecule has 1 N–H and O–H groups in total. The lowest BCUT2D eigenvalue weighted by atomic mass is 9.82. The fourth-order valence-corrected chi connectivity index (χ4v) is 5.09. The summed E-state index contributed by atoms with van der Waals surface area (Å²) in [5, 5.41) is 0. The Hall–Kier alpha value is -3.45. The Morgan fingerprint density at radius 1 is 1.00 bits per heavy atom. The molecule has 0 saturated carbocycles. The summed E-state index contributed by atoms with van der Waals surface area (Å²) in [5.41, 5.74) is 4.05. The second kappa shape index (κ2) is 8.48. The minimum atomic E-state index is 0.148. The molecule has 3 aliphatic rings. The minimum Gasteiger partial charge on any atom is -0.454 e. The number of Topliss-reactive ketones (excluding diaryl/α,β-unsaturated/α-hetero) is 1. The molecule has 2 aliphatic heterocycles. The molecule has 1 saturated heterocycles. The highest BCUT2D eigenvalue weighted by Crippen LogP contribution is 2.33. The van der Waals surface area contributed by atoms with E-state index < -0.39 is 0 Å². The van der Waals surface area contributed by atoms with Crippen LogP contribution in [0.4, 0.5) is 5.95 Å². The van der Waals surface area contributed by atoms with Crippen molar-refractivity contribution in [1.82, 2.24) is 9.97 Å². The number of nitrogens with one attached hydrogen (secondary N) is 1. The van der Waals surface area contributed by atoms with Gasteiger partial charge < -0.3 is 19.3 Å². The van der Waals surface area contributed by atoms with E-state index in [0.717, 1.165) is 62.3 Å². The van der Waals surface area contributed by atoms with Gasteiger partial charge in [0.1, 0.15) is 6.54 Å². The average molecular weight is 444 g/mol. The number of anilines is 1. The largest absolute Gasteiger partial charge is 0.454 e. The van der Waals surface area contributed by atoms with Crippen molar-refractivity contribution in [1.29, 1.82) is 0 Å². The predicted molar refractivity (Wildman–Crippen MR) is 123 cm³/mol. The first-order valence-electron chi connectivity index (χ1n) is 11.6. The Morgan fingerprint density at radius 3 is 2.67 bits per heavy atom. The molecule has 7 nitrogen and oxygen atoms in total. The smallest absolute Gasteiger partial charge is 0.231 e. The first-order valence-corrected chi connectivity index (χ1v) is 11.6. The van der Waals surface area contributed by atoms with Crippen molar-refractivity contribution in [3.63, 3.8) is 0 Å². The zero-order valence-corrected chi connectivity index (χ0v) is 18.5. The van der Waals surface area contributed by atoms with Crippen molar-refractivity contribution in [3.05, 3.63) is 77.1 Å². The summed E-state index contributed by atoms with van der Waals surface area (Å²) in [5.74, 6) is 2.76. The molecule has 7 heteroatoms. The van der Waals surface area contributed by atoms with E-state index in [4.69, 9.17) is 14.5 Å². The second-order valence-electron chi connectivity index (χ2n) is 9.07. The summed E-state index contributed by atoms with van der Waals surface area (Å²) in [4.78, 5) is 25.9. The quantitative estimate of drug-likeness (QED) is 0.666. The maximum atomic E-state index is 12.7. The van der Waals surface area contributed by atoms with E-state index in [9.17, 15) is 4.79 Å². The van der Waals surface area contributed by atoms with Crippen molar-refractivity contribution < 1.29 is 19.2 Å². The van der Waals surface area contributed by atoms with Gasteiger partial charge in [-0.2, -0.15) is 0 Å². The number of ether oxygens (including phenoxy) is 2. The van der Waals surface area contributed by atoms with Crippen LogP contribution in [0.25, 0.3) is 0 Å². The van der Waals surface area contributed by atoms with Crippen LogP contribution in [-0.4, -0.2) is 48.7 Å². The Bertz CT molecular complexity index is 1180. The van der Waals surface area contributed by atoms with Crippen molar-refractivity contribution in [2.75, 3.05) is 37.9 Å². The van der Waals surface area contributed by atoms with Gasteiger partial charge >= 0.3 is 0 Å². The third-order valence-electron chi connectivity index (χ3n) is 6.94. The van der Waals surface area contributed by atoms with E-state index in [2.05, 4.69) is 34.1 Å². The van der Waals surface area contributed by atoms with Crippen LogP contribution in [0, 0.1) is 0 Å². The maximum absolute atomic E-state index is 12.7. The molecule has 1 atom stereocenters. The number of fused-ring (bicyclic) bond motifs is 2. The number of quaternary nitrogens is 1. The lowest BCUT2D eigenvalue weighted by Crippen LogP contribution is -3.13. The summed E-state index contributed by atoms with van der Waals surface area (Å²) in [6, 6.07) is 16.5. The number of carbonyl (C=O) groups excluding carboxylic acids is 1. The third-order valence-corrected chi connectivity index (χ3v) is 6.94. The molecule has 1 fully saturated rings. The number of rotatable bonds is 4. The fourth-order valence-electron chi connectivity index (χ4n) is 5.09. The molecular formula is C26H27N4O3+. The standard InChI is InChI=1S/C26H26N4O3/c31-23-14-20(19-4-2-1-3-5-19)13-22-21(23)15-27-26(28-22)30-10-8-29(9-11-30)16-18-6-7-24-25(12-18)33-17-32-24/h1-7,12,15,20H,8-11,13-14,16-17H2/p+1/t20-/m0/s1. The van der Waals surface area contributed by atoms with Crippen LogP contribution < -0.4 is 19.3 Å². The first-order chi connectivity index (χ1) is 16.2. The van der Waals surface area contributed by atoms with Crippen molar-refractivity contribution in [2.24, 2.45) is 0 Å². The lowest BCUT2D eigenvalue weighted by molar-refractivity contribution is -0.914. The van der Waals surface area contributed by atoms with Crippen LogP contribution in [0.3, 0.4) is 0 Å². The molecule has 0 unspecified atom stereocenters. The van der Waals surface area contributed by atoms with E-state index in [1.54, 1.807) is 6.20 Å². The molecule has 168 valence electrons. The van der Waals surface area contributed by atoms with Gasteiger partial charge in [0.15, 0.2) is 17.3 Å². The monoisotopic (exact) mass is 443 g/mol. The zero-order chi connectivity index (χ0) is 22.2. The molecule has 33 heavy (non-hydrogen) atoms. The Morgan fingerprint density at radius 2 is 1.82 bits per heavy atom. The number of hydrogen-bond acceptors (Lipinski definition) is 6. The highest BCUT2D eigenvalue weighted by molar-refractivity contribution is 5.98. The number of hydrogen-bond donors (Lipinski definition) is 1. The van der Waals surface area contributed by atoms with Crippen LogP contribution in [0.1, 0.15) is 39.5 Å². The average Bonchev–Trinajstić information content (AvgIpc) is 3.33. The second-order valence-corrected chi connectivity index (χ2v) is 9.07. The van der Waals surface area contributed by atoms with Crippen LogP contribution in [0.2, 0.25) is 0 Å². The van der Waals surface area contributed by atoms with Gasteiger partial charge in [0, 0.05) is 18.2 Å². The summed E-state index contributed by atoms with van der Waals surface area (Å²) in [6.07, 6.45) is 3.06. The molecule has 0 amide bonds. The third kappa shape index (κ3) is 4.04. The first kappa shape index (κ1) is 20.2. The number of nitrogens with zero attached hydrogens (tertiary/aromatic N) is 3. The topological polar surface area (TPSA) is 69.0 Å². The molecule has 1 aromatic heterocycles. The summed E-state index contributed by atoms with van der Waals surface area (Å²) >= 11 is 0. The van der Waals surface area contributed by atoms with Crippen LogP contribution in [0.5, 0.6) is 11.5 Å². The molecule has 1 aliphatic carbocycles. The molecule has 3 heterocycles. The van der Waals surface area contributed by atoms with E-state index in [0.29, 0.717) is 18.8 Å². The number of ketones is 1. The molecular weight excluding hydrogens is 416 g/mol. The molecule has 0 radical (unpaired) electrons. The van der Waals surface area contributed by atoms with Gasteiger partial charge in [-0.15, -0.1) is 0 Å². The van der Waals surface area contributed by atoms with Crippen molar-refractivity contribution in [2.45, 2.75) is 25.3 Å². The fraction of sp³-hybridized carbons (Fsp3) is 0.346. The van der Waals surface area contributed by atoms with E-state index in [1.807, 2.05) is 24.3 Å². The van der Waals surface area contributed by atoms with Crippen molar-refractivity contribution >= 4 is 11.7 Å². The lowest BCUT2D eigenvalue weighted by Gasteiger charge is -2.33. The summed E-state index contributed by atoms with van der Waals surface area (Å²) in [6.45, 7) is 5.09. The van der Waals surface area contributed by atoms with Crippen LogP contribution in [0.15, 0.2) is 54.7 Å². The summed E-state index contributed by atoms with van der Waals surface area (Å²) < 4.78 is 10.9. The Labute approximate surface area is 193 Å². The van der Waals surface area contributed by atoms with E-state index in [1.165, 1.54) is 16.0 Å². The number of aromatic nitrogens is 2. The van der Waals surface area contributed by atoms with Gasteiger partial charge in [-0.3, -0.25) is 4.79 Å². The summed E-state index contributed by atoms with van der Waals surface area (Å²) in [7, 11) is 0. The highest BCUT2D eigenvalue weighted by atomic mass is 16.7. The predicted octanol–water partition coefficient (Wildman–Crippen LogP) is 2.02. The van der Waals surface area contributed by atoms with Gasteiger partial charge in [0.05, 0.1) is 37.4 Å². The van der Waals surface area contributed by atoms with Crippen LogP contribution >= 0.6 is 0 Å². The Balaban J connectivity index is 1.12. The number of benzene rings is 2. The minimum absolute atomic E-state index is 0.148. The molecule has 2 aromatic carbocycles. The molecule has 0 spiro atoms. The number of piperazine rings is 1. The number of carbonyl (C=O) groups is 1. The van der Waals surface area contributed by atoms with Gasteiger partial charge in [0.25, 0.3) is 0 Å². The van der Waals surface area contributed by atoms with Gasteiger partial charge in [-0.1, -0.05) is 30.3 Å². The Kier molecular flexibility index (Phi) is 5.19. The van der Waals surface area contributed by atoms with E-state index in [-0.39, 0.29) is 11.7 Å².